The van der Waals surface area contributed by atoms with Crippen LogP contribution in [0.25, 0.3) is 0 Å². The molecule has 1 unspecified atom stereocenters. The molecule has 6 heteroatoms. The number of likely N-dealkylation sites (tertiary alicyclic amines) is 1. The molecule has 0 spiro atoms. The van der Waals surface area contributed by atoms with E-state index in [0.717, 1.165) is 12.8 Å². The van der Waals surface area contributed by atoms with E-state index >= 15 is 0 Å². The van der Waals surface area contributed by atoms with E-state index in [-0.39, 0.29) is 23.4 Å². The van der Waals surface area contributed by atoms with Gasteiger partial charge in [0.1, 0.15) is 0 Å². The molecule has 0 saturated carbocycles. The Hall–Kier alpha value is -2.76. The summed E-state index contributed by atoms with van der Waals surface area (Å²) in [6.45, 7) is 1.67. The minimum Gasteiger partial charge on any atom is -0.493 e. The molecule has 144 valence electrons. The number of rotatable bonds is 6. The predicted molar refractivity (Wildman–Crippen MR) is 100 cm³/mol. The lowest BCUT2D eigenvalue weighted by Gasteiger charge is -2.32. The zero-order valence-electron chi connectivity index (χ0n) is 15.6. The fourth-order valence-electron chi connectivity index (χ4n) is 3.31. The zero-order chi connectivity index (χ0) is 19.2. The van der Waals surface area contributed by atoms with Gasteiger partial charge in [-0.25, -0.2) is 4.39 Å². The van der Waals surface area contributed by atoms with E-state index in [2.05, 4.69) is 0 Å². The molecular formula is C21H24FNO4. The van der Waals surface area contributed by atoms with E-state index in [1.54, 1.807) is 50.6 Å². The summed E-state index contributed by atoms with van der Waals surface area (Å²) in [4.78, 5) is 14.7. The van der Waals surface area contributed by atoms with E-state index in [9.17, 15) is 9.18 Å². The molecule has 1 saturated heterocycles. The average molecular weight is 373 g/mol. The highest BCUT2D eigenvalue weighted by Crippen LogP contribution is 2.29. The van der Waals surface area contributed by atoms with Gasteiger partial charge in [0, 0.05) is 24.6 Å². The van der Waals surface area contributed by atoms with Crippen LogP contribution in [-0.2, 0) is 0 Å². The molecule has 1 atom stereocenters. The molecule has 0 bridgehead atoms. The average Bonchev–Trinajstić information content (AvgIpc) is 2.72. The standard InChI is InChI=1S/C21H24FNO4/c1-25-19-10-9-16(12-20(19)26-2)21(24)23-11-5-6-15(13-23)14-27-18-8-4-3-7-17(18)22/h3-4,7-10,12,15H,5-6,11,13-14H2,1-2H3. The van der Waals surface area contributed by atoms with E-state index < -0.39 is 0 Å². The quantitative estimate of drug-likeness (QED) is 0.773. The minimum absolute atomic E-state index is 0.0495. The number of amides is 1. The number of para-hydroxylation sites is 1. The maximum absolute atomic E-state index is 13.7. The third kappa shape index (κ3) is 4.51. The van der Waals surface area contributed by atoms with E-state index in [1.165, 1.54) is 6.07 Å². The molecule has 0 radical (unpaired) electrons. The first kappa shape index (κ1) is 19.0. The second-order valence-corrected chi connectivity index (χ2v) is 6.57. The molecule has 1 heterocycles. The van der Waals surface area contributed by atoms with Gasteiger partial charge in [-0.15, -0.1) is 0 Å². The molecule has 2 aromatic carbocycles. The first-order valence-electron chi connectivity index (χ1n) is 9.01. The fraction of sp³-hybridized carbons (Fsp3) is 0.381. The van der Waals surface area contributed by atoms with Crippen LogP contribution in [0.2, 0.25) is 0 Å². The monoisotopic (exact) mass is 373 g/mol. The summed E-state index contributed by atoms with van der Waals surface area (Å²) in [5, 5.41) is 0. The molecule has 27 heavy (non-hydrogen) atoms. The van der Waals surface area contributed by atoms with Crippen LogP contribution in [-0.4, -0.2) is 44.7 Å². The summed E-state index contributed by atoms with van der Waals surface area (Å²) in [5.74, 6) is 1.12. The van der Waals surface area contributed by atoms with Crippen LogP contribution in [0.3, 0.4) is 0 Å². The Morgan fingerprint density at radius 2 is 1.89 bits per heavy atom. The van der Waals surface area contributed by atoms with Crippen molar-refractivity contribution in [3.05, 3.63) is 53.8 Å². The maximum Gasteiger partial charge on any atom is 0.254 e. The summed E-state index contributed by atoms with van der Waals surface area (Å²) in [5.41, 5.74) is 0.559. The van der Waals surface area contributed by atoms with Crippen molar-refractivity contribution in [2.45, 2.75) is 12.8 Å². The third-order valence-corrected chi connectivity index (χ3v) is 4.75. The Balaban J connectivity index is 1.63. The number of benzene rings is 2. The Labute approximate surface area is 158 Å². The number of ether oxygens (including phenoxy) is 3. The highest BCUT2D eigenvalue weighted by atomic mass is 19.1. The molecule has 0 aliphatic carbocycles. The van der Waals surface area contributed by atoms with E-state index in [1.807, 2.05) is 4.90 Å². The van der Waals surface area contributed by atoms with Gasteiger partial charge >= 0.3 is 0 Å². The normalized spacial score (nSPS) is 16.7. The Morgan fingerprint density at radius 3 is 2.63 bits per heavy atom. The number of halogens is 1. The van der Waals surface area contributed by atoms with Crippen LogP contribution in [0, 0.1) is 11.7 Å². The van der Waals surface area contributed by atoms with Crippen LogP contribution in [0.5, 0.6) is 17.2 Å². The third-order valence-electron chi connectivity index (χ3n) is 4.75. The van der Waals surface area contributed by atoms with Gasteiger partial charge in [-0.2, -0.15) is 0 Å². The number of carbonyl (C=O) groups excluding carboxylic acids is 1. The molecule has 5 nitrogen and oxygen atoms in total. The second-order valence-electron chi connectivity index (χ2n) is 6.57. The lowest BCUT2D eigenvalue weighted by molar-refractivity contribution is 0.0631. The highest BCUT2D eigenvalue weighted by Gasteiger charge is 2.26. The van der Waals surface area contributed by atoms with Crippen molar-refractivity contribution in [3.8, 4) is 17.2 Å². The fourth-order valence-corrected chi connectivity index (χ4v) is 3.31. The van der Waals surface area contributed by atoms with Gasteiger partial charge in [0.05, 0.1) is 20.8 Å². The molecule has 1 aliphatic heterocycles. The topological polar surface area (TPSA) is 48.0 Å². The van der Waals surface area contributed by atoms with Crippen LogP contribution in [0.15, 0.2) is 42.5 Å². The zero-order valence-corrected chi connectivity index (χ0v) is 15.6. The summed E-state index contributed by atoms with van der Waals surface area (Å²) in [6.07, 6.45) is 1.84. The van der Waals surface area contributed by atoms with Crippen molar-refractivity contribution in [2.75, 3.05) is 33.9 Å². The number of nitrogens with zero attached hydrogens (tertiary/aromatic N) is 1. The predicted octanol–water partition coefficient (Wildman–Crippen LogP) is 3.77. The van der Waals surface area contributed by atoms with Crippen molar-refractivity contribution >= 4 is 5.91 Å². The molecular weight excluding hydrogens is 349 g/mol. The van der Waals surface area contributed by atoms with Crippen molar-refractivity contribution in [1.82, 2.24) is 4.90 Å². The number of methoxy groups -OCH3 is 2. The van der Waals surface area contributed by atoms with Gasteiger partial charge in [0.25, 0.3) is 5.91 Å². The minimum atomic E-state index is -0.369. The van der Waals surface area contributed by atoms with Crippen molar-refractivity contribution in [2.24, 2.45) is 5.92 Å². The summed E-state index contributed by atoms with van der Waals surface area (Å²) in [6, 6.07) is 11.5. The van der Waals surface area contributed by atoms with Gasteiger partial charge in [-0.3, -0.25) is 4.79 Å². The summed E-state index contributed by atoms with van der Waals surface area (Å²) in [7, 11) is 3.10. The maximum atomic E-state index is 13.7. The lowest BCUT2D eigenvalue weighted by Crippen LogP contribution is -2.41. The molecule has 1 amide bonds. The molecule has 1 aliphatic rings. The van der Waals surface area contributed by atoms with Gasteiger partial charge < -0.3 is 19.1 Å². The van der Waals surface area contributed by atoms with E-state index in [4.69, 9.17) is 14.2 Å². The van der Waals surface area contributed by atoms with Crippen molar-refractivity contribution in [1.29, 1.82) is 0 Å². The van der Waals surface area contributed by atoms with E-state index in [0.29, 0.717) is 36.8 Å². The second kappa shape index (κ2) is 8.75. The Morgan fingerprint density at radius 1 is 1.11 bits per heavy atom. The van der Waals surface area contributed by atoms with Crippen molar-refractivity contribution < 1.29 is 23.4 Å². The molecule has 0 N–H and O–H groups in total. The Bertz CT molecular complexity index is 796. The van der Waals surface area contributed by atoms with Crippen LogP contribution in [0.4, 0.5) is 4.39 Å². The van der Waals surface area contributed by atoms with Crippen LogP contribution >= 0.6 is 0 Å². The number of hydrogen-bond acceptors (Lipinski definition) is 4. The highest BCUT2D eigenvalue weighted by molar-refractivity contribution is 5.95. The van der Waals surface area contributed by atoms with Gasteiger partial charge in [-0.1, -0.05) is 12.1 Å². The first-order valence-corrected chi connectivity index (χ1v) is 9.01. The number of carbonyl (C=O) groups is 1. The largest absolute Gasteiger partial charge is 0.493 e. The molecule has 3 rings (SSSR count). The van der Waals surface area contributed by atoms with Gasteiger partial charge in [0.15, 0.2) is 23.1 Å². The smallest absolute Gasteiger partial charge is 0.254 e. The van der Waals surface area contributed by atoms with Gasteiger partial charge in [-0.05, 0) is 43.2 Å². The first-order chi connectivity index (χ1) is 13.1. The molecule has 2 aromatic rings. The van der Waals surface area contributed by atoms with Crippen LogP contribution < -0.4 is 14.2 Å². The summed E-state index contributed by atoms with van der Waals surface area (Å²) >= 11 is 0. The molecule has 0 aromatic heterocycles. The number of piperidine rings is 1. The van der Waals surface area contributed by atoms with Gasteiger partial charge in [0.2, 0.25) is 0 Å². The Kier molecular flexibility index (Phi) is 6.16. The van der Waals surface area contributed by atoms with Crippen molar-refractivity contribution in [3.63, 3.8) is 0 Å². The van der Waals surface area contributed by atoms with Crippen LogP contribution in [0.1, 0.15) is 23.2 Å². The number of hydrogen-bond donors (Lipinski definition) is 0. The molecule has 1 fully saturated rings. The lowest BCUT2D eigenvalue weighted by atomic mass is 9.98. The summed E-state index contributed by atoms with van der Waals surface area (Å²) < 4.78 is 29.8. The SMILES string of the molecule is COc1ccc(C(=O)N2CCCC(COc3ccccc3F)C2)cc1OC.